The molecule has 3 aromatic rings. The minimum absolute atomic E-state index is 0.296. The zero-order chi connectivity index (χ0) is 19.4. The van der Waals surface area contributed by atoms with Crippen LogP contribution in [0.3, 0.4) is 0 Å². The Hall–Kier alpha value is -3.22. The standard InChI is InChI=1S/C21H19FN4O2/c1-26-16(13-4-3-11-5-6-23-19(11)20(13)28-2)7-12-8-18(24-10-17(12)26)25-21(27)14-9-15(14)22/h3-4,6-8,10,14-15H,5,9H2,1-2H3,(H,24,25,27)/t14-,15+/m1/s1. The molecule has 0 radical (unpaired) electrons. The molecule has 2 aromatic heterocycles. The predicted octanol–water partition coefficient (Wildman–Crippen LogP) is 3.80. The number of benzene rings is 1. The number of carbonyl (C=O) groups is 1. The van der Waals surface area contributed by atoms with E-state index in [-0.39, 0.29) is 5.91 Å². The van der Waals surface area contributed by atoms with Crippen LogP contribution in [0.4, 0.5) is 15.9 Å². The quantitative estimate of drug-likeness (QED) is 0.751. The van der Waals surface area contributed by atoms with E-state index in [1.807, 2.05) is 36.0 Å². The number of fused-ring (bicyclic) bond motifs is 2. The summed E-state index contributed by atoms with van der Waals surface area (Å²) in [6, 6.07) is 7.96. The van der Waals surface area contributed by atoms with Crippen molar-refractivity contribution in [2.75, 3.05) is 12.4 Å². The van der Waals surface area contributed by atoms with Gasteiger partial charge in [0.1, 0.15) is 17.7 Å². The van der Waals surface area contributed by atoms with Gasteiger partial charge >= 0.3 is 0 Å². The van der Waals surface area contributed by atoms with Crippen molar-refractivity contribution in [2.24, 2.45) is 18.0 Å². The minimum atomic E-state index is -1.03. The summed E-state index contributed by atoms with van der Waals surface area (Å²) >= 11 is 0. The number of nitrogens with one attached hydrogen (secondary N) is 1. The highest BCUT2D eigenvalue weighted by Crippen LogP contribution is 2.43. The van der Waals surface area contributed by atoms with Crippen LogP contribution >= 0.6 is 0 Å². The zero-order valence-corrected chi connectivity index (χ0v) is 15.6. The summed E-state index contributed by atoms with van der Waals surface area (Å²) in [7, 11) is 3.62. The summed E-state index contributed by atoms with van der Waals surface area (Å²) < 4.78 is 20.8. The largest absolute Gasteiger partial charge is 0.494 e. The van der Waals surface area contributed by atoms with Crippen LogP contribution in [0, 0.1) is 5.92 Å². The molecule has 1 aliphatic heterocycles. The molecule has 0 bridgehead atoms. The summed E-state index contributed by atoms with van der Waals surface area (Å²) in [5.74, 6) is 0.328. The average Bonchev–Trinajstić information content (AvgIpc) is 3.10. The van der Waals surface area contributed by atoms with Crippen LogP contribution in [0.5, 0.6) is 5.75 Å². The Kier molecular flexibility index (Phi) is 3.72. The van der Waals surface area contributed by atoms with Gasteiger partial charge in [0.15, 0.2) is 5.75 Å². The molecule has 28 heavy (non-hydrogen) atoms. The molecule has 5 rings (SSSR count). The van der Waals surface area contributed by atoms with E-state index < -0.39 is 12.1 Å². The maximum atomic E-state index is 13.1. The number of hydrogen-bond acceptors (Lipinski definition) is 4. The summed E-state index contributed by atoms with van der Waals surface area (Å²) in [6.07, 6.45) is 3.69. The Balaban J connectivity index is 1.55. The van der Waals surface area contributed by atoms with E-state index in [0.717, 1.165) is 45.6 Å². The molecule has 1 N–H and O–H groups in total. The van der Waals surface area contributed by atoms with Crippen LogP contribution in [0.15, 0.2) is 35.5 Å². The number of ether oxygens (including phenoxy) is 1. The fourth-order valence-electron chi connectivity index (χ4n) is 3.78. The molecule has 0 saturated heterocycles. The molecule has 1 aliphatic carbocycles. The van der Waals surface area contributed by atoms with E-state index in [9.17, 15) is 9.18 Å². The van der Waals surface area contributed by atoms with Gasteiger partial charge in [0.2, 0.25) is 5.91 Å². The Bertz CT molecular complexity index is 1150. The van der Waals surface area contributed by atoms with Crippen LogP contribution in [0.2, 0.25) is 0 Å². The van der Waals surface area contributed by atoms with Crippen LogP contribution < -0.4 is 10.1 Å². The van der Waals surface area contributed by atoms with Gasteiger partial charge in [0, 0.05) is 30.6 Å². The van der Waals surface area contributed by atoms with Crippen molar-refractivity contribution < 1.29 is 13.9 Å². The second kappa shape index (κ2) is 6.15. The molecule has 7 heteroatoms. The van der Waals surface area contributed by atoms with Gasteiger partial charge in [-0.3, -0.25) is 9.79 Å². The van der Waals surface area contributed by atoms with Gasteiger partial charge in [-0.05, 0) is 30.2 Å². The number of aliphatic imine (C=N–C) groups is 1. The number of methoxy groups -OCH3 is 1. The third kappa shape index (κ3) is 2.58. The van der Waals surface area contributed by atoms with Crippen LogP contribution in [0.25, 0.3) is 22.2 Å². The maximum absolute atomic E-state index is 13.1. The molecule has 6 nitrogen and oxygen atoms in total. The van der Waals surface area contributed by atoms with E-state index in [1.54, 1.807) is 13.3 Å². The van der Waals surface area contributed by atoms with Crippen molar-refractivity contribution in [3.63, 3.8) is 0 Å². The predicted molar refractivity (Wildman–Crippen MR) is 106 cm³/mol. The lowest BCUT2D eigenvalue weighted by atomic mass is 10.0. The van der Waals surface area contributed by atoms with Gasteiger partial charge in [-0.25, -0.2) is 9.37 Å². The van der Waals surface area contributed by atoms with Crippen molar-refractivity contribution in [1.29, 1.82) is 0 Å². The number of hydrogen-bond donors (Lipinski definition) is 1. The lowest BCUT2D eigenvalue weighted by molar-refractivity contribution is -0.117. The second-order valence-electron chi connectivity index (χ2n) is 7.23. The van der Waals surface area contributed by atoms with Crippen molar-refractivity contribution in [2.45, 2.75) is 19.0 Å². The first kappa shape index (κ1) is 16.9. The molecule has 1 amide bonds. The van der Waals surface area contributed by atoms with Crippen LogP contribution in [-0.2, 0) is 18.3 Å². The zero-order valence-electron chi connectivity index (χ0n) is 15.6. The lowest BCUT2D eigenvalue weighted by Crippen LogP contribution is -2.15. The number of aromatic nitrogens is 2. The number of amides is 1. The number of nitrogens with zero attached hydrogens (tertiary/aromatic N) is 3. The Morgan fingerprint density at radius 2 is 2.18 bits per heavy atom. The highest BCUT2D eigenvalue weighted by atomic mass is 19.1. The van der Waals surface area contributed by atoms with Gasteiger partial charge < -0.3 is 14.6 Å². The van der Waals surface area contributed by atoms with Gasteiger partial charge in [-0.2, -0.15) is 0 Å². The van der Waals surface area contributed by atoms with E-state index in [2.05, 4.69) is 21.4 Å². The fraction of sp³-hybridized carbons (Fsp3) is 0.286. The second-order valence-corrected chi connectivity index (χ2v) is 7.23. The number of halogens is 1. The molecular formula is C21H19FN4O2. The molecule has 2 aliphatic rings. The molecule has 1 saturated carbocycles. The van der Waals surface area contributed by atoms with E-state index in [0.29, 0.717) is 12.2 Å². The third-order valence-electron chi connectivity index (χ3n) is 5.46. The summed E-state index contributed by atoms with van der Waals surface area (Å²) in [5.41, 5.74) is 4.86. The van der Waals surface area contributed by atoms with Crippen LogP contribution in [0.1, 0.15) is 12.0 Å². The van der Waals surface area contributed by atoms with Gasteiger partial charge in [-0.1, -0.05) is 6.07 Å². The molecule has 0 spiro atoms. The molecule has 3 heterocycles. The number of aryl methyl sites for hydroxylation is 1. The number of carbonyl (C=O) groups excluding carboxylic acids is 1. The van der Waals surface area contributed by atoms with Gasteiger partial charge in [0.25, 0.3) is 0 Å². The van der Waals surface area contributed by atoms with Crippen molar-refractivity contribution >= 4 is 34.5 Å². The molecule has 0 unspecified atom stereocenters. The number of anilines is 1. The van der Waals surface area contributed by atoms with E-state index >= 15 is 0 Å². The number of pyridine rings is 1. The minimum Gasteiger partial charge on any atom is -0.494 e. The topological polar surface area (TPSA) is 68.5 Å². The Morgan fingerprint density at radius 1 is 1.36 bits per heavy atom. The average molecular weight is 378 g/mol. The monoisotopic (exact) mass is 378 g/mol. The molecule has 142 valence electrons. The number of rotatable bonds is 4. The first-order chi connectivity index (χ1) is 13.6. The summed E-state index contributed by atoms with van der Waals surface area (Å²) in [5, 5.41) is 3.64. The van der Waals surface area contributed by atoms with Gasteiger partial charge in [-0.15, -0.1) is 0 Å². The summed E-state index contributed by atoms with van der Waals surface area (Å²) in [6.45, 7) is 0. The molecular weight excluding hydrogens is 359 g/mol. The third-order valence-corrected chi connectivity index (χ3v) is 5.46. The van der Waals surface area contributed by atoms with Crippen LogP contribution in [-0.4, -0.2) is 35.0 Å². The highest BCUT2D eigenvalue weighted by molar-refractivity contribution is 5.97. The van der Waals surface area contributed by atoms with Crippen molar-refractivity contribution in [3.8, 4) is 17.0 Å². The van der Waals surface area contributed by atoms with Gasteiger partial charge in [0.05, 0.1) is 30.4 Å². The van der Waals surface area contributed by atoms with E-state index in [1.165, 1.54) is 0 Å². The highest BCUT2D eigenvalue weighted by Gasteiger charge is 2.43. The maximum Gasteiger partial charge on any atom is 0.231 e. The Labute approximate surface area is 161 Å². The molecule has 1 aromatic carbocycles. The van der Waals surface area contributed by atoms with Crippen molar-refractivity contribution in [3.05, 3.63) is 36.0 Å². The smallest absolute Gasteiger partial charge is 0.231 e. The molecule has 2 atom stereocenters. The Morgan fingerprint density at radius 3 is 2.93 bits per heavy atom. The fourth-order valence-corrected chi connectivity index (χ4v) is 3.78. The number of alkyl halides is 1. The van der Waals surface area contributed by atoms with E-state index in [4.69, 9.17) is 4.74 Å². The first-order valence-electron chi connectivity index (χ1n) is 9.20. The molecule has 1 fully saturated rings. The first-order valence-corrected chi connectivity index (χ1v) is 9.20. The normalized spacial score (nSPS) is 19.7. The van der Waals surface area contributed by atoms with Crippen molar-refractivity contribution in [1.82, 2.24) is 9.55 Å². The summed E-state index contributed by atoms with van der Waals surface area (Å²) in [4.78, 5) is 20.8. The SMILES string of the molecule is COc1c(-c2cc3cc(NC(=O)[C@@H]4C[C@@H]4F)ncc3n2C)ccc2c1N=CC2. The lowest BCUT2D eigenvalue weighted by Gasteiger charge is -2.13.